The van der Waals surface area contributed by atoms with Crippen LogP contribution in [0.4, 0.5) is 0 Å². The highest BCUT2D eigenvalue weighted by Crippen LogP contribution is 2.67. The lowest BCUT2D eigenvalue weighted by Gasteiger charge is -2.58. The quantitative estimate of drug-likeness (QED) is 0.512. The fraction of sp³-hybridized carbons (Fsp3) is 0.857. The molecule has 0 aromatic heterocycles. The fourth-order valence-electron chi connectivity index (χ4n) is 8.85. The maximum Gasteiger partial charge on any atom is 0.305 e. The minimum Gasteiger partial charge on any atom is -0.466 e. The van der Waals surface area contributed by atoms with E-state index in [0.717, 1.165) is 38.5 Å². The van der Waals surface area contributed by atoms with Gasteiger partial charge in [-0.05, 0) is 86.0 Å². The van der Waals surface area contributed by atoms with Crippen LogP contribution in [0.3, 0.4) is 0 Å². The van der Waals surface area contributed by atoms with Crippen LogP contribution in [0, 0.1) is 40.4 Å². The van der Waals surface area contributed by atoms with E-state index in [1.807, 2.05) is 13.0 Å². The van der Waals surface area contributed by atoms with Gasteiger partial charge in [0, 0.05) is 25.2 Å². The molecule has 3 saturated carbocycles. The van der Waals surface area contributed by atoms with Gasteiger partial charge in [-0.1, -0.05) is 26.3 Å². The van der Waals surface area contributed by atoms with Gasteiger partial charge in [0.05, 0.1) is 19.8 Å². The monoisotopic (exact) mass is 458 g/mol. The van der Waals surface area contributed by atoms with Gasteiger partial charge < -0.3 is 14.2 Å². The first-order chi connectivity index (χ1) is 15.7. The molecular weight excluding hydrogens is 416 g/mol. The molecule has 1 spiro atoms. The van der Waals surface area contributed by atoms with Crippen LogP contribution in [0.25, 0.3) is 0 Å². The van der Waals surface area contributed by atoms with E-state index in [9.17, 15) is 9.59 Å². The first-order valence-corrected chi connectivity index (χ1v) is 13.4. The van der Waals surface area contributed by atoms with Crippen molar-refractivity contribution in [3.8, 4) is 0 Å². The third-order valence-electron chi connectivity index (χ3n) is 10.6. The molecule has 7 atom stereocenters. The zero-order chi connectivity index (χ0) is 23.4. The van der Waals surface area contributed by atoms with E-state index in [4.69, 9.17) is 14.2 Å². The topological polar surface area (TPSA) is 61.8 Å². The van der Waals surface area contributed by atoms with E-state index in [1.165, 1.54) is 18.4 Å². The molecule has 33 heavy (non-hydrogen) atoms. The summed E-state index contributed by atoms with van der Waals surface area (Å²) in [5.41, 5.74) is 1.57. The molecule has 0 bridgehead atoms. The van der Waals surface area contributed by atoms with Crippen LogP contribution in [0.15, 0.2) is 11.6 Å². The number of carbonyl (C=O) groups is 2. The number of ether oxygens (including phenoxy) is 3. The van der Waals surface area contributed by atoms with Crippen molar-refractivity contribution in [3.05, 3.63) is 11.6 Å². The largest absolute Gasteiger partial charge is 0.466 e. The summed E-state index contributed by atoms with van der Waals surface area (Å²) in [6, 6.07) is 0. The van der Waals surface area contributed by atoms with Gasteiger partial charge in [-0.2, -0.15) is 0 Å². The van der Waals surface area contributed by atoms with Gasteiger partial charge in [0.15, 0.2) is 11.6 Å². The number of allylic oxidation sites excluding steroid dienone is 1. The molecule has 0 amide bonds. The Hall–Kier alpha value is -1.20. The second-order valence-electron chi connectivity index (χ2n) is 12.1. The molecule has 5 aliphatic rings. The Labute approximate surface area is 199 Å². The third kappa shape index (κ3) is 3.73. The summed E-state index contributed by atoms with van der Waals surface area (Å²) in [5, 5.41) is 0. The summed E-state index contributed by atoms with van der Waals surface area (Å²) < 4.78 is 17.2. The van der Waals surface area contributed by atoms with E-state index in [0.29, 0.717) is 55.7 Å². The van der Waals surface area contributed by atoms with E-state index >= 15 is 0 Å². The summed E-state index contributed by atoms with van der Waals surface area (Å²) in [6.07, 6.45) is 10.8. The lowest BCUT2D eigenvalue weighted by molar-refractivity contribution is -0.185. The van der Waals surface area contributed by atoms with E-state index < -0.39 is 5.79 Å². The predicted octanol–water partition coefficient (Wildman–Crippen LogP) is 5.47. The highest BCUT2D eigenvalue weighted by Gasteiger charge is 2.62. The van der Waals surface area contributed by atoms with Crippen molar-refractivity contribution in [2.75, 3.05) is 19.8 Å². The molecule has 5 rings (SSSR count). The van der Waals surface area contributed by atoms with Gasteiger partial charge in [0.25, 0.3) is 0 Å². The summed E-state index contributed by atoms with van der Waals surface area (Å²) in [6.45, 7) is 10.8. The normalized spacial score (nSPS) is 42.3. The van der Waals surface area contributed by atoms with Crippen LogP contribution >= 0.6 is 0 Å². The van der Waals surface area contributed by atoms with Crippen molar-refractivity contribution in [2.45, 2.75) is 91.3 Å². The molecule has 0 radical (unpaired) electrons. The summed E-state index contributed by atoms with van der Waals surface area (Å²) in [7, 11) is 0. The Morgan fingerprint density at radius 1 is 1.12 bits per heavy atom. The predicted molar refractivity (Wildman–Crippen MR) is 125 cm³/mol. The highest BCUT2D eigenvalue weighted by molar-refractivity contribution is 5.94. The lowest BCUT2D eigenvalue weighted by Crippen LogP contribution is -2.55. The molecule has 5 heteroatoms. The lowest BCUT2D eigenvalue weighted by atomic mass is 9.46. The van der Waals surface area contributed by atoms with Crippen LogP contribution < -0.4 is 0 Å². The highest BCUT2D eigenvalue weighted by atomic mass is 16.7. The van der Waals surface area contributed by atoms with Gasteiger partial charge in [-0.15, -0.1) is 0 Å². The fourth-order valence-corrected chi connectivity index (χ4v) is 8.85. The molecule has 0 unspecified atom stereocenters. The molecule has 5 nitrogen and oxygen atoms in total. The summed E-state index contributed by atoms with van der Waals surface area (Å²) in [5.74, 6) is 1.92. The van der Waals surface area contributed by atoms with Gasteiger partial charge in [0.1, 0.15) is 0 Å². The second-order valence-corrected chi connectivity index (χ2v) is 12.1. The minimum absolute atomic E-state index is 0.0777. The minimum atomic E-state index is -0.478. The van der Waals surface area contributed by atoms with Crippen molar-refractivity contribution in [1.29, 1.82) is 0 Å². The average molecular weight is 459 g/mol. The van der Waals surface area contributed by atoms with Gasteiger partial charge in [0.2, 0.25) is 0 Å². The summed E-state index contributed by atoms with van der Waals surface area (Å²) in [4.78, 5) is 25.6. The molecule has 1 saturated heterocycles. The van der Waals surface area contributed by atoms with E-state index in [-0.39, 0.29) is 22.7 Å². The van der Waals surface area contributed by atoms with Crippen LogP contribution in [-0.4, -0.2) is 37.4 Å². The number of hydrogen-bond donors (Lipinski definition) is 0. The number of ketones is 1. The average Bonchev–Trinajstić information content (AvgIpc) is 3.38. The Morgan fingerprint density at radius 2 is 1.88 bits per heavy atom. The van der Waals surface area contributed by atoms with Crippen molar-refractivity contribution in [3.63, 3.8) is 0 Å². The number of carbonyl (C=O) groups excluding carboxylic acids is 2. The molecule has 0 N–H and O–H groups in total. The van der Waals surface area contributed by atoms with Gasteiger partial charge >= 0.3 is 5.97 Å². The van der Waals surface area contributed by atoms with Crippen LogP contribution in [0.2, 0.25) is 0 Å². The van der Waals surface area contributed by atoms with Gasteiger partial charge in [-0.25, -0.2) is 0 Å². The maximum atomic E-state index is 13.7. The number of rotatable bonds is 5. The van der Waals surface area contributed by atoms with E-state index in [2.05, 4.69) is 20.8 Å². The van der Waals surface area contributed by atoms with Crippen LogP contribution in [0.5, 0.6) is 0 Å². The van der Waals surface area contributed by atoms with E-state index in [1.54, 1.807) is 0 Å². The zero-order valence-electron chi connectivity index (χ0n) is 21.0. The smallest absolute Gasteiger partial charge is 0.305 e. The maximum absolute atomic E-state index is 13.7. The second kappa shape index (κ2) is 8.48. The van der Waals surface area contributed by atoms with Crippen molar-refractivity contribution < 1.29 is 23.8 Å². The number of fused-ring (bicyclic) bond motifs is 5. The Kier molecular flexibility index (Phi) is 6.05. The number of esters is 1. The molecule has 1 aliphatic heterocycles. The SMILES string of the molecule is CCOC(=O)CC[C@@H](C)[C@H]1CC[C@H]2[C@@H]3C(=O)C=C4CC5(CC[C@]4(C)[C@H]3CC[C@]12C)OCCO5. The zero-order valence-corrected chi connectivity index (χ0v) is 21.0. The molecular formula is C28H42O5. The molecule has 0 aromatic rings. The van der Waals surface area contributed by atoms with Crippen molar-refractivity contribution in [1.82, 2.24) is 0 Å². The third-order valence-corrected chi connectivity index (χ3v) is 10.6. The number of hydrogen-bond acceptors (Lipinski definition) is 5. The Balaban J connectivity index is 1.35. The molecule has 1 heterocycles. The molecule has 4 aliphatic carbocycles. The molecule has 184 valence electrons. The van der Waals surface area contributed by atoms with Crippen molar-refractivity contribution in [2.24, 2.45) is 40.4 Å². The Bertz CT molecular complexity index is 826. The van der Waals surface area contributed by atoms with Crippen LogP contribution in [0.1, 0.15) is 85.5 Å². The Morgan fingerprint density at radius 3 is 2.61 bits per heavy atom. The van der Waals surface area contributed by atoms with Gasteiger partial charge in [-0.3, -0.25) is 9.59 Å². The molecule has 4 fully saturated rings. The summed E-state index contributed by atoms with van der Waals surface area (Å²) >= 11 is 0. The first-order valence-electron chi connectivity index (χ1n) is 13.4. The molecule has 0 aromatic carbocycles. The van der Waals surface area contributed by atoms with Crippen molar-refractivity contribution >= 4 is 11.8 Å². The first kappa shape index (κ1) is 23.5. The van der Waals surface area contributed by atoms with Crippen LogP contribution in [-0.2, 0) is 23.8 Å². The standard InChI is InChI=1S/C28H42O5/c1-5-31-24(30)9-6-18(2)20-7-8-21-25-22(10-11-27(20,21)4)26(3)12-13-28(32-14-15-33-28)17-19(26)16-23(25)29/h16,18,20-22,25H,5-15,17H2,1-4H3/t18-,20-,21+,22+,25+,26+,27-/m1/s1.